The number of nitrogens with zero attached hydrogens (tertiary/aromatic N) is 3. The number of benzene rings is 1. The minimum Gasteiger partial charge on any atom is -0.351 e. The predicted molar refractivity (Wildman–Crippen MR) is 92.2 cm³/mol. The maximum absolute atomic E-state index is 13.1. The Morgan fingerprint density at radius 2 is 2.08 bits per heavy atom. The van der Waals surface area contributed by atoms with E-state index in [-0.39, 0.29) is 16.6 Å². The summed E-state index contributed by atoms with van der Waals surface area (Å²) < 4.78 is 13.1. The minimum absolute atomic E-state index is 0.0154. The first-order chi connectivity index (χ1) is 11.5. The highest BCUT2D eigenvalue weighted by Gasteiger charge is 2.08. The van der Waals surface area contributed by atoms with Gasteiger partial charge in [-0.15, -0.1) is 0 Å². The molecule has 0 saturated carbocycles. The van der Waals surface area contributed by atoms with Crippen LogP contribution in [0.2, 0.25) is 5.02 Å². The van der Waals surface area contributed by atoms with Gasteiger partial charge in [-0.2, -0.15) is 0 Å². The summed E-state index contributed by atoms with van der Waals surface area (Å²) in [5.74, 6) is -0.325. The van der Waals surface area contributed by atoms with Gasteiger partial charge in [0.2, 0.25) is 0 Å². The van der Waals surface area contributed by atoms with Crippen molar-refractivity contribution in [2.75, 3.05) is 32.5 Å². The first-order valence-electron chi connectivity index (χ1n) is 7.43. The molecule has 0 aliphatic heterocycles. The number of halogens is 2. The van der Waals surface area contributed by atoms with E-state index in [9.17, 15) is 9.18 Å². The van der Waals surface area contributed by atoms with Gasteiger partial charge < -0.3 is 15.5 Å². The monoisotopic (exact) mass is 351 g/mol. The Hall–Kier alpha value is -2.25. The van der Waals surface area contributed by atoms with Crippen molar-refractivity contribution in [2.45, 2.75) is 6.42 Å². The van der Waals surface area contributed by atoms with Crippen molar-refractivity contribution in [2.24, 2.45) is 0 Å². The third-order valence-corrected chi connectivity index (χ3v) is 3.43. The molecular weight excluding hydrogens is 333 g/mol. The summed E-state index contributed by atoms with van der Waals surface area (Å²) in [6.45, 7) is 1.47. The quantitative estimate of drug-likeness (QED) is 0.750. The second-order valence-corrected chi connectivity index (χ2v) is 5.86. The van der Waals surface area contributed by atoms with E-state index in [2.05, 4.69) is 20.6 Å². The first kappa shape index (κ1) is 18.1. The zero-order valence-corrected chi connectivity index (χ0v) is 14.3. The molecule has 2 aromatic rings. The van der Waals surface area contributed by atoms with Gasteiger partial charge in [0.15, 0.2) is 0 Å². The van der Waals surface area contributed by atoms with E-state index >= 15 is 0 Å². The fourth-order valence-electron chi connectivity index (χ4n) is 1.92. The molecule has 2 N–H and O–H groups in total. The zero-order chi connectivity index (χ0) is 17.5. The van der Waals surface area contributed by atoms with E-state index < -0.39 is 5.82 Å². The molecule has 0 aliphatic carbocycles. The number of carbonyl (C=O) groups excluding carboxylic acids is 1. The standard InChI is InChI=1S/C16H19ClFN5O/c1-23(2)7-3-6-19-16(24)14-9-21-15(10-20-14)22-11-4-5-13(18)12(17)8-11/h4-5,8-10H,3,6-7H2,1-2H3,(H,19,24)(H,21,22). The van der Waals surface area contributed by atoms with Gasteiger partial charge >= 0.3 is 0 Å². The van der Waals surface area contributed by atoms with Crippen LogP contribution >= 0.6 is 11.6 Å². The number of hydrogen-bond donors (Lipinski definition) is 2. The Balaban J connectivity index is 1.90. The number of nitrogens with one attached hydrogen (secondary N) is 2. The van der Waals surface area contributed by atoms with Gasteiger partial charge in [-0.25, -0.2) is 14.4 Å². The lowest BCUT2D eigenvalue weighted by molar-refractivity contribution is 0.0947. The van der Waals surface area contributed by atoms with Crippen molar-refractivity contribution in [3.63, 3.8) is 0 Å². The van der Waals surface area contributed by atoms with Gasteiger partial charge in [0, 0.05) is 12.2 Å². The molecule has 1 aromatic heterocycles. The molecule has 0 atom stereocenters. The Morgan fingerprint density at radius 3 is 2.71 bits per heavy atom. The van der Waals surface area contributed by atoms with Crippen LogP contribution in [0.1, 0.15) is 16.9 Å². The van der Waals surface area contributed by atoms with E-state index in [1.54, 1.807) is 0 Å². The van der Waals surface area contributed by atoms with Gasteiger partial charge in [0.25, 0.3) is 5.91 Å². The number of rotatable bonds is 7. The van der Waals surface area contributed by atoms with E-state index in [0.29, 0.717) is 18.1 Å². The topological polar surface area (TPSA) is 70.2 Å². The average molecular weight is 352 g/mol. The van der Waals surface area contributed by atoms with Crippen molar-refractivity contribution < 1.29 is 9.18 Å². The van der Waals surface area contributed by atoms with Crippen molar-refractivity contribution in [3.8, 4) is 0 Å². The van der Waals surface area contributed by atoms with E-state index in [0.717, 1.165) is 13.0 Å². The maximum Gasteiger partial charge on any atom is 0.271 e. The van der Waals surface area contributed by atoms with Crippen LogP contribution in [0.25, 0.3) is 0 Å². The SMILES string of the molecule is CN(C)CCCNC(=O)c1cnc(Nc2ccc(F)c(Cl)c2)cn1. The smallest absolute Gasteiger partial charge is 0.271 e. The second kappa shape index (κ2) is 8.56. The Bertz CT molecular complexity index is 693. The van der Waals surface area contributed by atoms with E-state index in [4.69, 9.17) is 11.6 Å². The molecule has 1 amide bonds. The van der Waals surface area contributed by atoms with Crippen LogP contribution in [0.15, 0.2) is 30.6 Å². The van der Waals surface area contributed by atoms with Crippen molar-refractivity contribution >= 4 is 29.0 Å². The van der Waals surface area contributed by atoms with E-state index in [1.807, 2.05) is 19.0 Å². The minimum atomic E-state index is -0.491. The molecule has 0 fully saturated rings. The number of anilines is 2. The summed E-state index contributed by atoms with van der Waals surface area (Å²) in [5.41, 5.74) is 0.819. The number of aromatic nitrogens is 2. The third-order valence-electron chi connectivity index (χ3n) is 3.14. The molecule has 128 valence electrons. The average Bonchev–Trinajstić information content (AvgIpc) is 2.55. The lowest BCUT2D eigenvalue weighted by Gasteiger charge is -2.10. The van der Waals surface area contributed by atoms with Gasteiger partial charge in [-0.05, 0) is 45.3 Å². The van der Waals surface area contributed by atoms with Crippen LogP contribution < -0.4 is 10.6 Å². The molecule has 1 heterocycles. The van der Waals surface area contributed by atoms with Crippen LogP contribution in [-0.4, -0.2) is 48.0 Å². The molecule has 0 bridgehead atoms. The Kier molecular flexibility index (Phi) is 6.45. The Morgan fingerprint density at radius 1 is 1.29 bits per heavy atom. The second-order valence-electron chi connectivity index (χ2n) is 5.45. The summed E-state index contributed by atoms with van der Waals surface area (Å²) in [6, 6.07) is 4.24. The highest BCUT2D eigenvalue weighted by Crippen LogP contribution is 2.21. The summed E-state index contributed by atoms with van der Waals surface area (Å²) in [4.78, 5) is 22.2. The fraction of sp³-hybridized carbons (Fsp3) is 0.312. The van der Waals surface area contributed by atoms with E-state index in [1.165, 1.54) is 30.6 Å². The largest absolute Gasteiger partial charge is 0.351 e. The normalized spacial score (nSPS) is 10.7. The lowest BCUT2D eigenvalue weighted by atomic mass is 10.3. The first-order valence-corrected chi connectivity index (χ1v) is 7.80. The van der Waals surface area contributed by atoms with Gasteiger partial charge in [0.1, 0.15) is 17.3 Å². The van der Waals surface area contributed by atoms with Crippen LogP contribution in [0.5, 0.6) is 0 Å². The summed E-state index contributed by atoms with van der Waals surface area (Å²) >= 11 is 5.72. The molecule has 24 heavy (non-hydrogen) atoms. The van der Waals surface area contributed by atoms with Crippen LogP contribution in [-0.2, 0) is 0 Å². The fourth-order valence-corrected chi connectivity index (χ4v) is 2.10. The van der Waals surface area contributed by atoms with Gasteiger partial charge in [-0.1, -0.05) is 11.6 Å². The summed E-state index contributed by atoms with van der Waals surface area (Å²) in [5, 5.41) is 5.75. The summed E-state index contributed by atoms with van der Waals surface area (Å²) in [6.07, 6.45) is 3.68. The number of carbonyl (C=O) groups is 1. The zero-order valence-electron chi connectivity index (χ0n) is 13.5. The van der Waals surface area contributed by atoms with Crippen LogP contribution in [0.4, 0.5) is 15.9 Å². The lowest BCUT2D eigenvalue weighted by Crippen LogP contribution is -2.27. The molecule has 1 aromatic carbocycles. The number of hydrogen-bond acceptors (Lipinski definition) is 5. The maximum atomic E-state index is 13.1. The molecule has 0 saturated heterocycles. The molecule has 0 aliphatic rings. The van der Waals surface area contributed by atoms with Crippen molar-refractivity contribution in [3.05, 3.63) is 47.1 Å². The molecule has 0 unspecified atom stereocenters. The predicted octanol–water partition coefficient (Wildman–Crippen LogP) is 2.69. The molecule has 6 nitrogen and oxygen atoms in total. The molecular formula is C16H19ClFN5O. The molecule has 2 rings (SSSR count). The van der Waals surface area contributed by atoms with Crippen molar-refractivity contribution in [1.29, 1.82) is 0 Å². The summed E-state index contributed by atoms with van der Waals surface area (Å²) in [7, 11) is 3.96. The van der Waals surface area contributed by atoms with Gasteiger partial charge in [0.05, 0.1) is 17.4 Å². The Labute approximate surface area is 145 Å². The van der Waals surface area contributed by atoms with Crippen molar-refractivity contribution in [1.82, 2.24) is 20.2 Å². The van der Waals surface area contributed by atoms with Crippen LogP contribution in [0, 0.1) is 5.82 Å². The number of amides is 1. The molecule has 0 radical (unpaired) electrons. The highest BCUT2D eigenvalue weighted by atomic mass is 35.5. The van der Waals surface area contributed by atoms with Crippen LogP contribution in [0.3, 0.4) is 0 Å². The van der Waals surface area contributed by atoms with Gasteiger partial charge in [-0.3, -0.25) is 4.79 Å². The molecule has 8 heteroatoms. The third kappa shape index (κ3) is 5.43. The molecule has 0 spiro atoms. The highest BCUT2D eigenvalue weighted by molar-refractivity contribution is 6.31.